The van der Waals surface area contributed by atoms with E-state index in [0.717, 1.165) is 32.5 Å². The van der Waals surface area contributed by atoms with Crippen LogP contribution in [0.3, 0.4) is 0 Å². The fraction of sp³-hybridized carbons (Fsp3) is 0.600. The fourth-order valence-electron chi connectivity index (χ4n) is 1.81. The minimum absolute atomic E-state index is 0.239. The average molecular weight is 236 g/mol. The topological polar surface area (TPSA) is 29.5 Å². The Morgan fingerprint density at radius 3 is 2.47 bits per heavy atom. The van der Waals surface area contributed by atoms with Gasteiger partial charge in [0, 0.05) is 19.8 Å². The van der Waals surface area contributed by atoms with Crippen LogP contribution in [0.15, 0.2) is 24.3 Å². The van der Waals surface area contributed by atoms with Gasteiger partial charge in [0.1, 0.15) is 0 Å². The van der Waals surface area contributed by atoms with Gasteiger partial charge in [0.05, 0.1) is 0 Å². The van der Waals surface area contributed by atoms with Crippen LogP contribution in [0.1, 0.15) is 30.9 Å². The summed E-state index contributed by atoms with van der Waals surface area (Å²) in [6, 6.07) is 8.53. The molecule has 0 aromatic heterocycles. The second-order valence-corrected chi connectivity index (χ2v) is 4.64. The molecule has 0 aliphatic rings. The first-order valence-electron chi connectivity index (χ1n) is 6.50. The lowest BCUT2D eigenvalue weighted by Crippen LogP contribution is -2.13. The van der Waals surface area contributed by atoms with Crippen molar-refractivity contribution in [3.05, 3.63) is 35.4 Å². The van der Waals surface area contributed by atoms with Crippen molar-refractivity contribution in [1.82, 2.24) is 0 Å². The maximum Gasteiger partial charge on any atom is 0.0469 e. The number of aliphatic hydroxyl groups is 1. The minimum atomic E-state index is 0.239. The highest BCUT2D eigenvalue weighted by molar-refractivity contribution is 5.21. The Kier molecular flexibility index (Phi) is 6.90. The third kappa shape index (κ3) is 5.85. The van der Waals surface area contributed by atoms with Gasteiger partial charge in [-0.05, 0) is 37.7 Å². The van der Waals surface area contributed by atoms with Gasteiger partial charge in [-0.25, -0.2) is 0 Å². The van der Waals surface area contributed by atoms with Crippen LogP contribution >= 0.6 is 0 Å². The molecule has 1 rings (SSSR count). The molecular formula is C15H24O2. The van der Waals surface area contributed by atoms with E-state index in [1.165, 1.54) is 11.1 Å². The van der Waals surface area contributed by atoms with E-state index in [-0.39, 0.29) is 6.61 Å². The molecule has 0 bridgehead atoms. The Labute approximate surface area is 105 Å². The van der Waals surface area contributed by atoms with Crippen molar-refractivity contribution in [2.24, 2.45) is 5.92 Å². The fourth-order valence-corrected chi connectivity index (χ4v) is 1.81. The zero-order valence-corrected chi connectivity index (χ0v) is 11.0. The maximum absolute atomic E-state index is 9.34. The average Bonchev–Trinajstić information content (AvgIpc) is 2.35. The van der Waals surface area contributed by atoms with Gasteiger partial charge in [0.15, 0.2) is 0 Å². The van der Waals surface area contributed by atoms with Crippen LogP contribution in [0.5, 0.6) is 0 Å². The molecule has 17 heavy (non-hydrogen) atoms. The van der Waals surface area contributed by atoms with Crippen LogP contribution in [0.4, 0.5) is 0 Å². The largest absolute Gasteiger partial charge is 0.396 e. The number of benzene rings is 1. The quantitative estimate of drug-likeness (QED) is 0.703. The first-order chi connectivity index (χ1) is 8.26. The SMILES string of the molecule is CCCOCCC(CO)Cc1ccc(C)cc1. The molecule has 0 spiro atoms. The second kappa shape index (κ2) is 8.26. The molecule has 1 atom stereocenters. The van der Waals surface area contributed by atoms with E-state index in [1.54, 1.807) is 0 Å². The lowest BCUT2D eigenvalue weighted by Gasteiger charge is -2.14. The Bertz CT molecular complexity index is 292. The predicted molar refractivity (Wildman–Crippen MR) is 71.2 cm³/mol. The lowest BCUT2D eigenvalue weighted by atomic mass is 9.97. The molecule has 1 aromatic carbocycles. The zero-order chi connectivity index (χ0) is 12.5. The smallest absolute Gasteiger partial charge is 0.0469 e. The first kappa shape index (κ1) is 14.2. The van der Waals surface area contributed by atoms with Gasteiger partial charge in [-0.2, -0.15) is 0 Å². The van der Waals surface area contributed by atoms with Crippen LogP contribution < -0.4 is 0 Å². The number of hydrogen-bond acceptors (Lipinski definition) is 2. The van der Waals surface area contributed by atoms with E-state index in [2.05, 4.69) is 38.1 Å². The van der Waals surface area contributed by atoms with Crippen LogP contribution in [-0.2, 0) is 11.2 Å². The molecule has 1 unspecified atom stereocenters. The highest BCUT2D eigenvalue weighted by Gasteiger charge is 2.08. The molecule has 1 N–H and O–H groups in total. The summed E-state index contributed by atoms with van der Waals surface area (Å²) in [7, 11) is 0. The predicted octanol–water partition coefficient (Wildman–Crippen LogP) is 2.96. The van der Waals surface area contributed by atoms with Gasteiger partial charge in [-0.3, -0.25) is 0 Å². The molecule has 0 saturated heterocycles. The van der Waals surface area contributed by atoms with Gasteiger partial charge in [0.25, 0.3) is 0 Å². The van der Waals surface area contributed by atoms with Crippen molar-refractivity contribution in [2.45, 2.75) is 33.1 Å². The Hall–Kier alpha value is -0.860. The van der Waals surface area contributed by atoms with E-state index >= 15 is 0 Å². The summed E-state index contributed by atoms with van der Waals surface area (Å²) in [4.78, 5) is 0. The zero-order valence-electron chi connectivity index (χ0n) is 11.0. The van der Waals surface area contributed by atoms with Gasteiger partial charge < -0.3 is 9.84 Å². The molecule has 96 valence electrons. The Balaban J connectivity index is 2.33. The lowest BCUT2D eigenvalue weighted by molar-refractivity contribution is 0.106. The van der Waals surface area contributed by atoms with Gasteiger partial charge in [0.2, 0.25) is 0 Å². The van der Waals surface area contributed by atoms with Crippen LogP contribution in [0.25, 0.3) is 0 Å². The number of rotatable bonds is 8. The van der Waals surface area contributed by atoms with Gasteiger partial charge >= 0.3 is 0 Å². The van der Waals surface area contributed by atoms with Crippen molar-refractivity contribution in [3.8, 4) is 0 Å². The third-order valence-corrected chi connectivity index (χ3v) is 2.92. The van der Waals surface area contributed by atoms with Crippen molar-refractivity contribution >= 4 is 0 Å². The molecule has 0 aliphatic heterocycles. The van der Waals surface area contributed by atoms with E-state index < -0.39 is 0 Å². The number of aliphatic hydroxyl groups excluding tert-OH is 1. The molecule has 0 heterocycles. The highest BCUT2D eigenvalue weighted by atomic mass is 16.5. The van der Waals surface area contributed by atoms with E-state index in [4.69, 9.17) is 4.74 Å². The normalized spacial score (nSPS) is 12.6. The minimum Gasteiger partial charge on any atom is -0.396 e. The molecule has 1 aromatic rings. The summed E-state index contributed by atoms with van der Waals surface area (Å²) in [5, 5.41) is 9.34. The van der Waals surface area contributed by atoms with Crippen LogP contribution in [0.2, 0.25) is 0 Å². The van der Waals surface area contributed by atoms with E-state index in [0.29, 0.717) is 5.92 Å². The molecule has 2 heteroatoms. The van der Waals surface area contributed by atoms with E-state index in [9.17, 15) is 5.11 Å². The van der Waals surface area contributed by atoms with Crippen LogP contribution in [-0.4, -0.2) is 24.9 Å². The monoisotopic (exact) mass is 236 g/mol. The molecule has 0 amide bonds. The molecule has 0 aliphatic carbocycles. The maximum atomic E-state index is 9.34. The first-order valence-corrected chi connectivity index (χ1v) is 6.50. The summed E-state index contributed by atoms with van der Waals surface area (Å²) >= 11 is 0. The van der Waals surface area contributed by atoms with Crippen molar-refractivity contribution in [1.29, 1.82) is 0 Å². The summed E-state index contributed by atoms with van der Waals surface area (Å²) in [5.74, 6) is 0.314. The molecule has 2 nitrogen and oxygen atoms in total. The van der Waals surface area contributed by atoms with E-state index in [1.807, 2.05) is 0 Å². The van der Waals surface area contributed by atoms with Crippen molar-refractivity contribution in [3.63, 3.8) is 0 Å². The van der Waals surface area contributed by atoms with Gasteiger partial charge in [-0.1, -0.05) is 36.8 Å². The van der Waals surface area contributed by atoms with Crippen molar-refractivity contribution in [2.75, 3.05) is 19.8 Å². The third-order valence-electron chi connectivity index (χ3n) is 2.92. The van der Waals surface area contributed by atoms with Crippen molar-refractivity contribution < 1.29 is 9.84 Å². The summed E-state index contributed by atoms with van der Waals surface area (Å²) in [6.45, 7) is 6.01. The standard InChI is InChI=1S/C15H24O2/c1-3-9-17-10-8-15(12-16)11-14-6-4-13(2)5-7-14/h4-7,15-16H,3,8-12H2,1-2H3. The summed E-state index contributed by atoms with van der Waals surface area (Å²) in [5.41, 5.74) is 2.57. The molecule has 0 fully saturated rings. The highest BCUT2D eigenvalue weighted by Crippen LogP contribution is 2.13. The molecule has 0 radical (unpaired) electrons. The summed E-state index contributed by atoms with van der Waals surface area (Å²) < 4.78 is 5.46. The number of aryl methyl sites for hydroxylation is 1. The van der Waals surface area contributed by atoms with Crippen LogP contribution in [0, 0.1) is 12.8 Å². The number of hydrogen-bond donors (Lipinski definition) is 1. The van der Waals surface area contributed by atoms with Gasteiger partial charge in [-0.15, -0.1) is 0 Å². The Morgan fingerprint density at radius 1 is 1.18 bits per heavy atom. The Morgan fingerprint density at radius 2 is 1.88 bits per heavy atom. The molecular weight excluding hydrogens is 212 g/mol. The second-order valence-electron chi connectivity index (χ2n) is 4.64. The summed E-state index contributed by atoms with van der Waals surface area (Å²) in [6.07, 6.45) is 2.93. The molecule has 0 saturated carbocycles. The number of ether oxygens (including phenoxy) is 1.